The van der Waals surface area contributed by atoms with Crippen LogP contribution >= 0.6 is 0 Å². The molecule has 0 aliphatic rings. The zero-order valence-electron chi connectivity index (χ0n) is 10.0. The number of aromatic carboxylic acids is 1. The first-order chi connectivity index (χ1) is 8.56. The molecule has 18 heavy (non-hydrogen) atoms. The van der Waals surface area contributed by atoms with Crippen molar-refractivity contribution in [3.05, 3.63) is 47.3 Å². The van der Waals surface area contributed by atoms with Crippen molar-refractivity contribution in [2.24, 2.45) is 0 Å². The monoisotopic (exact) mass is 244 g/mol. The van der Waals surface area contributed by atoms with E-state index in [-0.39, 0.29) is 11.6 Å². The summed E-state index contributed by atoms with van der Waals surface area (Å²) in [6, 6.07) is 7.57. The Labute approximate surface area is 104 Å². The van der Waals surface area contributed by atoms with Crippen LogP contribution in [-0.4, -0.2) is 21.0 Å². The molecule has 0 fully saturated rings. The van der Waals surface area contributed by atoms with Crippen molar-refractivity contribution in [3.8, 4) is 11.8 Å². The largest absolute Gasteiger partial charge is 0.478 e. The number of aromatic nitrogens is 2. The zero-order valence-corrected chi connectivity index (χ0v) is 10.0. The highest BCUT2D eigenvalue weighted by Gasteiger charge is 2.10. The normalized spacial score (nSPS) is 10.1. The maximum atomic E-state index is 10.8. The molecule has 2 rings (SSSR count). The Morgan fingerprint density at radius 1 is 1.22 bits per heavy atom. The average molecular weight is 244 g/mol. The van der Waals surface area contributed by atoms with Crippen molar-refractivity contribution in [2.75, 3.05) is 0 Å². The Kier molecular flexibility index (Phi) is 3.23. The number of hydrogen-bond donors (Lipinski definition) is 1. The van der Waals surface area contributed by atoms with E-state index in [1.54, 1.807) is 19.1 Å². The number of ether oxygens (including phenoxy) is 1. The van der Waals surface area contributed by atoms with Crippen LogP contribution in [0.25, 0.3) is 0 Å². The van der Waals surface area contributed by atoms with Gasteiger partial charge in [-0.3, -0.25) is 0 Å². The quantitative estimate of drug-likeness (QED) is 0.898. The molecule has 0 radical (unpaired) electrons. The maximum absolute atomic E-state index is 10.8. The minimum atomic E-state index is -1.05. The van der Waals surface area contributed by atoms with Crippen LogP contribution in [0.4, 0.5) is 0 Å². The molecule has 0 spiro atoms. The fourth-order valence-corrected chi connectivity index (χ4v) is 1.42. The minimum absolute atomic E-state index is 0.0752. The molecule has 1 N–H and O–H groups in total. The topological polar surface area (TPSA) is 72.3 Å². The number of rotatable bonds is 3. The summed E-state index contributed by atoms with van der Waals surface area (Å²) < 4.78 is 5.43. The first-order valence-corrected chi connectivity index (χ1v) is 5.38. The first kappa shape index (κ1) is 12.0. The molecule has 0 unspecified atom stereocenters. The number of carboxylic acid groups (broad SMARTS) is 1. The van der Waals surface area contributed by atoms with Crippen molar-refractivity contribution < 1.29 is 14.6 Å². The molecule has 92 valence electrons. The number of hydrogen-bond acceptors (Lipinski definition) is 4. The number of benzene rings is 1. The van der Waals surface area contributed by atoms with Crippen molar-refractivity contribution >= 4 is 5.97 Å². The van der Waals surface area contributed by atoms with Gasteiger partial charge in [0.15, 0.2) is 0 Å². The molecule has 5 heteroatoms. The van der Waals surface area contributed by atoms with Gasteiger partial charge in [-0.1, -0.05) is 17.7 Å². The van der Waals surface area contributed by atoms with Crippen LogP contribution in [0.15, 0.2) is 30.5 Å². The van der Waals surface area contributed by atoms with Crippen LogP contribution in [0.5, 0.6) is 11.8 Å². The predicted molar refractivity (Wildman–Crippen MR) is 65.0 cm³/mol. The SMILES string of the molecule is Cc1ccc(Oc2ncc(C(=O)O)c(C)n2)cc1. The minimum Gasteiger partial charge on any atom is -0.478 e. The molecule has 0 aliphatic carbocycles. The Balaban J connectivity index is 2.22. The zero-order chi connectivity index (χ0) is 13.1. The van der Waals surface area contributed by atoms with E-state index in [2.05, 4.69) is 9.97 Å². The second-order valence-electron chi connectivity index (χ2n) is 3.87. The van der Waals surface area contributed by atoms with E-state index in [1.807, 2.05) is 19.1 Å². The van der Waals surface area contributed by atoms with Crippen LogP contribution in [0.1, 0.15) is 21.6 Å². The van der Waals surface area contributed by atoms with Gasteiger partial charge in [-0.15, -0.1) is 0 Å². The van der Waals surface area contributed by atoms with Gasteiger partial charge in [0.1, 0.15) is 5.75 Å². The van der Waals surface area contributed by atoms with Gasteiger partial charge in [-0.05, 0) is 26.0 Å². The molecule has 1 aromatic carbocycles. The molecule has 1 heterocycles. The number of aryl methyl sites for hydroxylation is 2. The summed E-state index contributed by atoms with van der Waals surface area (Å²) in [6.45, 7) is 3.58. The molecule has 0 aliphatic heterocycles. The first-order valence-electron chi connectivity index (χ1n) is 5.38. The van der Waals surface area contributed by atoms with Crippen LogP contribution in [0.2, 0.25) is 0 Å². The Morgan fingerprint density at radius 3 is 2.44 bits per heavy atom. The lowest BCUT2D eigenvalue weighted by Crippen LogP contribution is -2.04. The lowest BCUT2D eigenvalue weighted by molar-refractivity contribution is 0.0695. The standard InChI is InChI=1S/C13H12N2O3/c1-8-3-5-10(6-4-8)18-13-14-7-11(12(16)17)9(2)15-13/h3-7H,1-2H3,(H,16,17). The summed E-state index contributed by atoms with van der Waals surface area (Å²) in [7, 11) is 0. The fraction of sp³-hybridized carbons (Fsp3) is 0.154. The molecule has 1 aromatic heterocycles. The summed E-state index contributed by atoms with van der Waals surface area (Å²) in [4.78, 5) is 18.7. The maximum Gasteiger partial charge on any atom is 0.339 e. The van der Waals surface area contributed by atoms with E-state index in [0.29, 0.717) is 11.4 Å². The molecule has 0 atom stereocenters. The number of carboxylic acids is 1. The van der Waals surface area contributed by atoms with Gasteiger partial charge in [0.2, 0.25) is 0 Å². The van der Waals surface area contributed by atoms with Crippen LogP contribution in [0, 0.1) is 13.8 Å². The van der Waals surface area contributed by atoms with Crippen molar-refractivity contribution in [1.29, 1.82) is 0 Å². The van der Waals surface area contributed by atoms with Crippen molar-refractivity contribution in [3.63, 3.8) is 0 Å². The third kappa shape index (κ3) is 2.63. The van der Waals surface area contributed by atoms with Gasteiger partial charge in [-0.25, -0.2) is 9.78 Å². The summed E-state index contributed by atoms with van der Waals surface area (Å²) in [5.41, 5.74) is 1.58. The Morgan fingerprint density at radius 2 is 1.89 bits per heavy atom. The second-order valence-corrected chi connectivity index (χ2v) is 3.87. The summed E-state index contributed by atoms with van der Waals surface area (Å²) >= 11 is 0. The number of nitrogens with zero attached hydrogens (tertiary/aromatic N) is 2. The van der Waals surface area contributed by atoms with Crippen molar-refractivity contribution in [1.82, 2.24) is 9.97 Å². The molecule has 0 saturated heterocycles. The van der Waals surface area contributed by atoms with Crippen LogP contribution in [0.3, 0.4) is 0 Å². The summed E-state index contributed by atoms with van der Waals surface area (Å²) in [6.07, 6.45) is 1.24. The molecule has 0 saturated carbocycles. The second kappa shape index (κ2) is 4.83. The molecular weight excluding hydrogens is 232 g/mol. The van der Waals surface area contributed by atoms with E-state index in [0.717, 1.165) is 5.56 Å². The van der Waals surface area contributed by atoms with Crippen molar-refractivity contribution in [2.45, 2.75) is 13.8 Å². The summed E-state index contributed by atoms with van der Waals surface area (Å²) in [5, 5.41) is 8.86. The molecule has 0 bridgehead atoms. The van der Waals surface area contributed by atoms with E-state index >= 15 is 0 Å². The third-order valence-electron chi connectivity index (χ3n) is 2.42. The Bertz CT molecular complexity index is 579. The van der Waals surface area contributed by atoms with Gasteiger partial charge in [0, 0.05) is 6.20 Å². The fourth-order valence-electron chi connectivity index (χ4n) is 1.42. The van der Waals surface area contributed by atoms with Gasteiger partial charge >= 0.3 is 12.0 Å². The predicted octanol–water partition coefficient (Wildman–Crippen LogP) is 2.58. The number of carbonyl (C=O) groups is 1. The molecule has 5 nitrogen and oxygen atoms in total. The smallest absolute Gasteiger partial charge is 0.339 e. The highest BCUT2D eigenvalue weighted by atomic mass is 16.5. The lowest BCUT2D eigenvalue weighted by atomic mass is 10.2. The van der Waals surface area contributed by atoms with Crippen LogP contribution < -0.4 is 4.74 Å². The van der Waals surface area contributed by atoms with Gasteiger partial charge < -0.3 is 9.84 Å². The molecule has 0 amide bonds. The van der Waals surface area contributed by atoms with E-state index in [9.17, 15) is 4.79 Å². The van der Waals surface area contributed by atoms with E-state index in [1.165, 1.54) is 6.20 Å². The van der Waals surface area contributed by atoms with Crippen LogP contribution in [-0.2, 0) is 0 Å². The molecule has 2 aromatic rings. The summed E-state index contributed by atoms with van der Waals surface area (Å²) in [5.74, 6) is -0.433. The third-order valence-corrected chi connectivity index (χ3v) is 2.42. The Hall–Kier alpha value is -2.43. The average Bonchev–Trinajstić information content (AvgIpc) is 2.32. The molecular formula is C13H12N2O3. The van der Waals surface area contributed by atoms with Gasteiger partial charge in [0.05, 0.1) is 11.3 Å². The highest BCUT2D eigenvalue weighted by molar-refractivity contribution is 5.88. The van der Waals surface area contributed by atoms with Gasteiger partial charge in [-0.2, -0.15) is 4.98 Å². The lowest BCUT2D eigenvalue weighted by Gasteiger charge is -2.05. The highest BCUT2D eigenvalue weighted by Crippen LogP contribution is 2.18. The van der Waals surface area contributed by atoms with Gasteiger partial charge in [0.25, 0.3) is 0 Å². The van der Waals surface area contributed by atoms with E-state index in [4.69, 9.17) is 9.84 Å². The van der Waals surface area contributed by atoms with E-state index < -0.39 is 5.97 Å².